The fourth-order valence-electron chi connectivity index (χ4n) is 2.41. The molecule has 3 rings (SSSR count). The summed E-state index contributed by atoms with van der Waals surface area (Å²) in [6, 6.07) is 16.3. The zero-order valence-electron chi connectivity index (χ0n) is 11.4. The first-order valence-electron chi connectivity index (χ1n) is 6.66. The molecule has 1 N–H and O–H groups in total. The molecule has 0 radical (unpaired) electrons. The minimum absolute atomic E-state index is 0.708. The largest absolute Gasteiger partial charge is 0.496 e. The van der Waals surface area contributed by atoms with Gasteiger partial charge in [-0.2, -0.15) is 0 Å². The van der Waals surface area contributed by atoms with Gasteiger partial charge in [-0.1, -0.05) is 30.3 Å². The fraction of sp³-hybridized carbons (Fsp3) is 0.176. The Balaban J connectivity index is 1.85. The van der Waals surface area contributed by atoms with Crippen molar-refractivity contribution in [1.29, 1.82) is 0 Å². The second kappa shape index (κ2) is 5.80. The number of rotatable bonds is 5. The van der Waals surface area contributed by atoms with Gasteiger partial charge >= 0.3 is 0 Å². The van der Waals surface area contributed by atoms with Gasteiger partial charge in [-0.15, -0.1) is 0 Å². The third kappa shape index (κ3) is 2.53. The first kappa shape index (κ1) is 12.8. The molecular weight excluding hydrogens is 250 g/mol. The van der Waals surface area contributed by atoms with Crippen LogP contribution < -0.4 is 10.1 Å². The molecule has 2 aromatic carbocycles. The van der Waals surface area contributed by atoms with Crippen LogP contribution in [0.2, 0.25) is 0 Å². The molecule has 1 heterocycles. The predicted octanol–water partition coefficient (Wildman–Crippen LogP) is 3.73. The van der Waals surface area contributed by atoms with Crippen molar-refractivity contribution < 1.29 is 9.15 Å². The quantitative estimate of drug-likeness (QED) is 0.765. The van der Waals surface area contributed by atoms with E-state index in [0.29, 0.717) is 6.54 Å². The Morgan fingerprint density at radius 1 is 1.00 bits per heavy atom. The van der Waals surface area contributed by atoms with Crippen LogP contribution in [0.25, 0.3) is 10.8 Å². The van der Waals surface area contributed by atoms with E-state index < -0.39 is 0 Å². The molecular formula is C17H17NO2. The lowest BCUT2D eigenvalue weighted by molar-refractivity contribution is 0.407. The van der Waals surface area contributed by atoms with E-state index in [1.54, 1.807) is 13.4 Å². The standard InChI is InChI=1S/C17H17NO2/c1-19-17-9-8-13-5-2-3-7-15(13)16(17)12-18-11-14-6-4-10-20-14/h2-10,18H,11-12H2,1H3. The summed E-state index contributed by atoms with van der Waals surface area (Å²) in [5, 5.41) is 5.84. The molecule has 0 saturated heterocycles. The number of nitrogens with one attached hydrogen (secondary N) is 1. The van der Waals surface area contributed by atoms with Crippen molar-refractivity contribution in [2.75, 3.05) is 7.11 Å². The molecule has 0 fully saturated rings. The zero-order chi connectivity index (χ0) is 13.8. The normalized spacial score (nSPS) is 10.8. The second-order valence-electron chi connectivity index (χ2n) is 4.65. The van der Waals surface area contributed by atoms with Crippen molar-refractivity contribution >= 4 is 10.8 Å². The minimum Gasteiger partial charge on any atom is -0.496 e. The molecule has 0 amide bonds. The summed E-state index contributed by atoms with van der Waals surface area (Å²) in [7, 11) is 1.71. The summed E-state index contributed by atoms with van der Waals surface area (Å²) >= 11 is 0. The topological polar surface area (TPSA) is 34.4 Å². The van der Waals surface area contributed by atoms with Crippen molar-refractivity contribution in [3.8, 4) is 5.75 Å². The van der Waals surface area contributed by atoms with Crippen LogP contribution >= 0.6 is 0 Å². The highest BCUT2D eigenvalue weighted by molar-refractivity contribution is 5.87. The first-order valence-corrected chi connectivity index (χ1v) is 6.66. The summed E-state index contributed by atoms with van der Waals surface area (Å²) in [6.07, 6.45) is 1.69. The van der Waals surface area contributed by atoms with Crippen LogP contribution in [0.4, 0.5) is 0 Å². The van der Waals surface area contributed by atoms with E-state index in [2.05, 4.69) is 35.6 Å². The molecule has 0 unspecified atom stereocenters. The molecule has 0 spiro atoms. The first-order chi connectivity index (χ1) is 9.88. The van der Waals surface area contributed by atoms with Crippen LogP contribution in [0, 0.1) is 0 Å². The van der Waals surface area contributed by atoms with Crippen molar-refractivity contribution in [3.05, 3.63) is 66.1 Å². The van der Waals surface area contributed by atoms with Crippen molar-refractivity contribution in [1.82, 2.24) is 5.32 Å². The summed E-state index contributed by atoms with van der Waals surface area (Å²) in [6.45, 7) is 1.45. The molecule has 0 aliphatic carbocycles. The fourth-order valence-corrected chi connectivity index (χ4v) is 2.41. The molecule has 3 nitrogen and oxygen atoms in total. The van der Waals surface area contributed by atoms with Crippen molar-refractivity contribution in [2.24, 2.45) is 0 Å². The molecule has 102 valence electrons. The lowest BCUT2D eigenvalue weighted by Crippen LogP contribution is -2.13. The molecule has 20 heavy (non-hydrogen) atoms. The van der Waals surface area contributed by atoms with E-state index in [-0.39, 0.29) is 0 Å². The maximum absolute atomic E-state index is 5.48. The van der Waals surface area contributed by atoms with Gasteiger partial charge in [-0.05, 0) is 29.0 Å². The second-order valence-corrected chi connectivity index (χ2v) is 4.65. The van der Waals surface area contributed by atoms with Crippen LogP contribution in [0.15, 0.2) is 59.2 Å². The third-order valence-electron chi connectivity index (χ3n) is 3.40. The van der Waals surface area contributed by atoms with E-state index >= 15 is 0 Å². The molecule has 0 aliphatic heterocycles. The van der Waals surface area contributed by atoms with Crippen LogP contribution in [0.3, 0.4) is 0 Å². The van der Waals surface area contributed by atoms with Gasteiger partial charge in [0.2, 0.25) is 0 Å². The van der Waals surface area contributed by atoms with E-state index in [1.165, 1.54) is 16.3 Å². The van der Waals surface area contributed by atoms with Crippen molar-refractivity contribution in [3.63, 3.8) is 0 Å². The predicted molar refractivity (Wildman–Crippen MR) is 79.8 cm³/mol. The molecule has 3 heteroatoms. The Morgan fingerprint density at radius 3 is 2.70 bits per heavy atom. The smallest absolute Gasteiger partial charge is 0.123 e. The molecule has 3 aromatic rings. The monoisotopic (exact) mass is 267 g/mol. The van der Waals surface area contributed by atoms with E-state index in [4.69, 9.17) is 9.15 Å². The summed E-state index contributed by atoms with van der Waals surface area (Å²) in [4.78, 5) is 0. The zero-order valence-corrected chi connectivity index (χ0v) is 11.4. The minimum atomic E-state index is 0.708. The SMILES string of the molecule is COc1ccc2ccccc2c1CNCc1ccco1. The number of benzene rings is 2. The van der Waals surface area contributed by atoms with Crippen LogP contribution in [0.5, 0.6) is 5.75 Å². The number of hydrogen-bond acceptors (Lipinski definition) is 3. The Hall–Kier alpha value is -2.26. The van der Waals surface area contributed by atoms with Crippen LogP contribution in [0.1, 0.15) is 11.3 Å². The third-order valence-corrected chi connectivity index (χ3v) is 3.40. The number of hydrogen-bond donors (Lipinski definition) is 1. The number of furan rings is 1. The summed E-state index contributed by atoms with van der Waals surface area (Å²) in [5.41, 5.74) is 1.18. The summed E-state index contributed by atoms with van der Waals surface area (Å²) < 4.78 is 10.8. The van der Waals surface area contributed by atoms with E-state index in [1.807, 2.05) is 18.2 Å². The van der Waals surface area contributed by atoms with Gasteiger partial charge in [-0.25, -0.2) is 0 Å². The van der Waals surface area contributed by atoms with Gasteiger partial charge in [0.1, 0.15) is 11.5 Å². The van der Waals surface area contributed by atoms with Gasteiger partial charge in [0, 0.05) is 12.1 Å². The Labute approximate surface area is 118 Å². The van der Waals surface area contributed by atoms with Crippen LogP contribution in [-0.2, 0) is 13.1 Å². The average Bonchev–Trinajstić information content (AvgIpc) is 3.00. The van der Waals surface area contributed by atoms with Gasteiger partial charge in [0.05, 0.1) is 19.9 Å². The van der Waals surface area contributed by atoms with Crippen LogP contribution in [-0.4, -0.2) is 7.11 Å². The lowest BCUT2D eigenvalue weighted by atomic mass is 10.0. The number of methoxy groups -OCH3 is 1. The molecule has 0 aliphatic rings. The Kier molecular flexibility index (Phi) is 3.70. The van der Waals surface area contributed by atoms with Crippen molar-refractivity contribution in [2.45, 2.75) is 13.1 Å². The van der Waals surface area contributed by atoms with Gasteiger partial charge in [0.25, 0.3) is 0 Å². The Morgan fingerprint density at radius 2 is 1.90 bits per heavy atom. The molecule has 0 saturated carbocycles. The summed E-state index contributed by atoms with van der Waals surface area (Å²) in [5.74, 6) is 1.85. The molecule has 0 atom stereocenters. The van der Waals surface area contributed by atoms with E-state index in [0.717, 1.165) is 18.1 Å². The van der Waals surface area contributed by atoms with E-state index in [9.17, 15) is 0 Å². The van der Waals surface area contributed by atoms with Gasteiger partial charge < -0.3 is 14.5 Å². The van der Waals surface area contributed by atoms with Gasteiger partial charge in [0.15, 0.2) is 0 Å². The lowest BCUT2D eigenvalue weighted by Gasteiger charge is -2.12. The molecule has 0 bridgehead atoms. The number of fused-ring (bicyclic) bond motifs is 1. The average molecular weight is 267 g/mol. The highest BCUT2D eigenvalue weighted by Gasteiger charge is 2.08. The maximum atomic E-state index is 5.48. The maximum Gasteiger partial charge on any atom is 0.123 e. The Bertz CT molecular complexity index is 689. The van der Waals surface area contributed by atoms with Gasteiger partial charge in [-0.3, -0.25) is 0 Å². The molecule has 1 aromatic heterocycles. The highest BCUT2D eigenvalue weighted by atomic mass is 16.5. The highest BCUT2D eigenvalue weighted by Crippen LogP contribution is 2.27. The number of ether oxygens (including phenoxy) is 1.